The molecule has 25 heavy (non-hydrogen) atoms. The lowest BCUT2D eigenvalue weighted by Gasteiger charge is -2.35. The average molecular weight is 343 g/mol. The summed E-state index contributed by atoms with van der Waals surface area (Å²) in [6.07, 6.45) is 2.90. The summed E-state index contributed by atoms with van der Waals surface area (Å²) in [4.78, 5) is 16.5. The highest BCUT2D eigenvalue weighted by Gasteiger charge is 2.39. The second kappa shape index (κ2) is 7.72. The third kappa shape index (κ3) is 4.03. The number of aromatic nitrogens is 1. The predicted molar refractivity (Wildman–Crippen MR) is 92.2 cm³/mol. The summed E-state index contributed by atoms with van der Waals surface area (Å²) in [6, 6.07) is 11.7. The van der Waals surface area contributed by atoms with Gasteiger partial charge in [0.2, 0.25) is 5.91 Å². The van der Waals surface area contributed by atoms with Crippen molar-refractivity contribution in [2.75, 3.05) is 19.8 Å². The molecule has 1 aromatic carbocycles. The molecule has 1 aliphatic heterocycles. The van der Waals surface area contributed by atoms with E-state index >= 15 is 0 Å². The zero-order valence-corrected chi connectivity index (χ0v) is 14.0. The Kier molecular flexibility index (Phi) is 5.40. The van der Waals surface area contributed by atoms with E-state index in [1.165, 1.54) is 12.1 Å². The number of rotatable bonds is 6. The lowest BCUT2D eigenvalue weighted by Crippen LogP contribution is -2.49. The SMILES string of the molecule is NC(=O)C1(CNC(c2ccc(F)cc2)c2ccccn2)CCOCC1. The number of benzene rings is 1. The van der Waals surface area contributed by atoms with Crippen LogP contribution in [0.15, 0.2) is 48.7 Å². The normalized spacial score (nSPS) is 17.8. The quantitative estimate of drug-likeness (QED) is 0.843. The van der Waals surface area contributed by atoms with Crippen LogP contribution < -0.4 is 11.1 Å². The molecule has 1 fully saturated rings. The number of pyridine rings is 1. The molecule has 5 nitrogen and oxygen atoms in total. The van der Waals surface area contributed by atoms with E-state index in [0.717, 1.165) is 11.3 Å². The topological polar surface area (TPSA) is 77.2 Å². The first-order valence-corrected chi connectivity index (χ1v) is 8.38. The van der Waals surface area contributed by atoms with Crippen LogP contribution in [0.5, 0.6) is 0 Å². The Balaban J connectivity index is 1.85. The largest absolute Gasteiger partial charge is 0.381 e. The van der Waals surface area contributed by atoms with Crippen LogP contribution in [-0.2, 0) is 9.53 Å². The van der Waals surface area contributed by atoms with Gasteiger partial charge in [-0.15, -0.1) is 0 Å². The number of nitrogens with one attached hydrogen (secondary N) is 1. The van der Waals surface area contributed by atoms with Gasteiger partial charge < -0.3 is 15.8 Å². The van der Waals surface area contributed by atoms with Gasteiger partial charge in [-0.05, 0) is 42.7 Å². The Labute approximate surface area is 146 Å². The minimum absolute atomic E-state index is 0.249. The number of nitrogens with two attached hydrogens (primary N) is 1. The molecular formula is C19H22FN3O2. The Morgan fingerprint density at radius 3 is 2.56 bits per heavy atom. The van der Waals surface area contributed by atoms with E-state index in [4.69, 9.17) is 10.5 Å². The lowest BCUT2D eigenvalue weighted by atomic mass is 9.79. The summed E-state index contributed by atoms with van der Waals surface area (Å²) in [5, 5.41) is 3.42. The van der Waals surface area contributed by atoms with Crippen LogP contribution in [0.4, 0.5) is 4.39 Å². The van der Waals surface area contributed by atoms with E-state index < -0.39 is 5.41 Å². The first-order valence-electron chi connectivity index (χ1n) is 8.38. The number of carbonyl (C=O) groups excluding carboxylic acids is 1. The molecule has 2 aromatic rings. The zero-order valence-electron chi connectivity index (χ0n) is 14.0. The van der Waals surface area contributed by atoms with Crippen LogP contribution in [0.1, 0.15) is 30.1 Å². The summed E-state index contributed by atoms with van der Waals surface area (Å²) < 4.78 is 18.7. The Hall–Kier alpha value is -2.31. The third-order valence-electron chi connectivity index (χ3n) is 4.80. The van der Waals surface area contributed by atoms with Gasteiger partial charge in [-0.2, -0.15) is 0 Å². The summed E-state index contributed by atoms with van der Waals surface area (Å²) in [5.41, 5.74) is 6.74. The number of nitrogens with zero attached hydrogens (tertiary/aromatic N) is 1. The van der Waals surface area contributed by atoms with E-state index in [2.05, 4.69) is 10.3 Å². The molecule has 0 radical (unpaired) electrons. The van der Waals surface area contributed by atoms with Crippen molar-refractivity contribution in [1.82, 2.24) is 10.3 Å². The first kappa shape index (κ1) is 17.5. The summed E-state index contributed by atoms with van der Waals surface area (Å²) in [6.45, 7) is 1.47. The van der Waals surface area contributed by atoms with Gasteiger partial charge in [0.25, 0.3) is 0 Å². The average Bonchev–Trinajstić information content (AvgIpc) is 2.65. The molecule has 3 N–H and O–H groups in total. The van der Waals surface area contributed by atoms with Crippen LogP contribution >= 0.6 is 0 Å². The smallest absolute Gasteiger partial charge is 0.225 e. The minimum atomic E-state index is -0.634. The van der Waals surface area contributed by atoms with Crippen molar-refractivity contribution in [2.24, 2.45) is 11.1 Å². The van der Waals surface area contributed by atoms with Crippen molar-refractivity contribution < 1.29 is 13.9 Å². The van der Waals surface area contributed by atoms with Crippen LogP contribution in [-0.4, -0.2) is 30.6 Å². The van der Waals surface area contributed by atoms with Gasteiger partial charge in [0.1, 0.15) is 5.82 Å². The molecule has 6 heteroatoms. The van der Waals surface area contributed by atoms with Gasteiger partial charge in [-0.25, -0.2) is 4.39 Å². The maximum atomic E-state index is 13.3. The summed E-state index contributed by atoms with van der Waals surface area (Å²) in [5.74, 6) is -0.608. The zero-order chi connectivity index (χ0) is 17.7. The van der Waals surface area contributed by atoms with Gasteiger partial charge in [0, 0.05) is 26.0 Å². The van der Waals surface area contributed by atoms with Crippen molar-refractivity contribution in [3.05, 3.63) is 65.7 Å². The molecule has 0 saturated carbocycles. The molecule has 1 atom stereocenters. The molecule has 3 rings (SSSR count). The third-order valence-corrected chi connectivity index (χ3v) is 4.80. The standard InChI is InChI=1S/C19H22FN3O2/c20-15-6-4-14(5-7-15)17(16-3-1-2-10-22-16)23-13-19(18(21)24)8-11-25-12-9-19/h1-7,10,17,23H,8-9,11-13H2,(H2,21,24). The summed E-state index contributed by atoms with van der Waals surface area (Å²) in [7, 11) is 0. The highest BCUT2D eigenvalue weighted by molar-refractivity contribution is 5.81. The fourth-order valence-corrected chi connectivity index (χ4v) is 3.16. The van der Waals surface area contributed by atoms with Crippen molar-refractivity contribution in [3.8, 4) is 0 Å². The van der Waals surface area contributed by atoms with Gasteiger partial charge in [0.05, 0.1) is 17.2 Å². The van der Waals surface area contributed by atoms with Gasteiger partial charge in [-0.1, -0.05) is 18.2 Å². The van der Waals surface area contributed by atoms with Crippen LogP contribution in [0.25, 0.3) is 0 Å². The fraction of sp³-hybridized carbons (Fsp3) is 0.368. The minimum Gasteiger partial charge on any atom is -0.381 e. The second-order valence-corrected chi connectivity index (χ2v) is 6.38. The number of halogens is 1. The monoisotopic (exact) mass is 343 g/mol. The first-order chi connectivity index (χ1) is 12.1. The second-order valence-electron chi connectivity index (χ2n) is 6.38. The molecule has 0 bridgehead atoms. The number of amides is 1. The molecule has 132 valence electrons. The Morgan fingerprint density at radius 2 is 1.96 bits per heavy atom. The number of carbonyl (C=O) groups is 1. The van der Waals surface area contributed by atoms with E-state index in [1.54, 1.807) is 18.3 Å². The van der Waals surface area contributed by atoms with E-state index in [0.29, 0.717) is 32.6 Å². The molecule has 1 aromatic heterocycles. The van der Waals surface area contributed by atoms with Crippen molar-refractivity contribution in [1.29, 1.82) is 0 Å². The van der Waals surface area contributed by atoms with Crippen molar-refractivity contribution in [3.63, 3.8) is 0 Å². The lowest BCUT2D eigenvalue weighted by molar-refractivity contribution is -0.133. The predicted octanol–water partition coefficient (Wildman–Crippen LogP) is 2.18. The van der Waals surface area contributed by atoms with E-state index in [-0.39, 0.29) is 17.8 Å². The Morgan fingerprint density at radius 1 is 1.24 bits per heavy atom. The molecule has 1 saturated heterocycles. The van der Waals surface area contributed by atoms with Crippen LogP contribution in [0, 0.1) is 11.2 Å². The molecule has 2 heterocycles. The highest BCUT2D eigenvalue weighted by atomic mass is 19.1. The highest BCUT2D eigenvalue weighted by Crippen LogP contribution is 2.31. The molecule has 1 aliphatic rings. The van der Waals surface area contributed by atoms with Gasteiger partial charge in [0.15, 0.2) is 0 Å². The summed E-state index contributed by atoms with van der Waals surface area (Å²) >= 11 is 0. The van der Waals surface area contributed by atoms with Crippen molar-refractivity contribution >= 4 is 5.91 Å². The molecular weight excluding hydrogens is 321 g/mol. The fourth-order valence-electron chi connectivity index (χ4n) is 3.16. The number of ether oxygens (including phenoxy) is 1. The number of hydrogen-bond donors (Lipinski definition) is 2. The van der Waals surface area contributed by atoms with E-state index in [1.807, 2.05) is 18.2 Å². The van der Waals surface area contributed by atoms with Gasteiger partial charge >= 0.3 is 0 Å². The molecule has 1 amide bonds. The van der Waals surface area contributed by atoms with Crippen LogP contribution in [0.3, 0.4) is 0 Å². The number of hydrogen-bond acceptors (Lipinski definition) is 4. The number of primary amides is 1. The molecule has 0 aliphatic carbocycles. The Bertz CT molecular complexity index is 700. The maximum Gasteiger partial charge on any atom is 0.225 e. The van der Waals surface area contributed by atoms with Crippen molar-refractivity contribution in [2.45, 2.75) is 18.9 Å². The maximum absolute atomic E-state index is 13.3. The van der Waals surface area contributed by atoms with Crippen LogP contribution in [0.2, 0.25) is 0 Å². The van der Waals surface area contributed by atoms with E-state index in [9.17, 15) is 9.18 Å². The molecule has 0 spiro atoms. The van der Waals surface area contributed by atoms with Gasteiger partial charge in [-0.3, -0.25) is 9.78 Å². The molecule has 1 unspecified atom stereocenters.